The number of benzene rings is 1. The predicted molar refractivity (Wildman–Crippen MR) is 70.0 cm³/mol. The van der Waals surface area contributed by atoms with Gasteiger partial charge in [0.05, 0.1) is 0 Å². The van der Waals surface area contributed by atoms with E-state index in [1.807, 2.05) is 0 Å². The lowest BCUT2D eigenvalue weighted by molar-refractivity contribution is 0.344. The third-order valence-electron chi connectivity index (χ3n) is 3.25. The zero-order valence-corrected chi connectivity index (χ0v) is 10.4. The summed E-state index contributed by atoms with van der Waals surface area (Å²) in [5.41, 5.74) is 1.45. The summed E-state index contributed by atoms with van der Waals surface area (Å²) in [6, 6.07) is 11.4. The van der Waals surface area contributed by atoms with Gasteiger partial charge in [-0.2, -0.15) is 0 Å². The number of alkyl halides is 1. The van der Waals surface area contributed by atoms with Crippen LogP contribution in [-0.2, 0) is 6.42 Å². The maximum Gasteiger partial charge on any atom is 0.0365 e. The van der Waals surface area contributed by atoms with Crippen molar-refractivity contribution in [3.8, 4) is 0 Å². The normalized spacial score (nSPS) is 24.1. The zero-order valence-electron chi connectivity index (χ0n) is 9.66. The van der Waals surface area contributed by atoms with Gasteiger partial charge in [0.15, 0.2) is 0 Å². The third-order valence-corrected chi connectivity index (χ3v) is 3.60. The van der Waals surface area contributed by atoms with Crippen LogP contribution in [-0.4, -0.2) is 18.0 Å². The Morgan fingerprint density at radius 1 is 1.12 bits per heavy atom. The van der Waals surface area contributed by atoms with E-state index in [0.29, 0.717) is 11.4 Å². The highest BCUT2D eigenvalue weighted by atomic mass is 35.5. The molecule has 0 saturated heterocycles. The van der Waals surface area contributed by atoms with Crippen molar-refractivity contribution in [1.29, 1.82) is 0 Å². The van der Waals surface area contributed by atoms with Crippen LogP contribution in [0, 0.1) is 0 Å². The van der Waals surface area contributed by atoms with Crippen LogP contribution in [0.1, 0.15) is 31.2 Å². The van der Waals surface area contributed by atoms with Gasteiger partial charge in [-0.15, -0.1) is 11.6 Å². The number of hydrogen-bond acceptors (Lipinski definition) is 1. The van der Waals surface area contributed by atoms with Gasteiger partial charge in [0, 0.05) is 11.4 Å². The molecule has 0 radical (unpaired) electrons. The van der Waals surface area contributed by atoms with Gasteiger partial charge in [-0.1, -0.05) is 30.3 Å². The third kappa shape index (κ3) is 3.80. The van der Waals surface area contributed by atoms with Gasteiger partial charge in [-0.3, -0.25) is 0 Å². The molecule has 0 bridgehead atoms. The van der Waals surface area contributed by atoms with Crippen molar-refractivity contribution in [2.75, 3.05) is 6.54 Å². The van der Waals surface area contributed by atoms with Crippen LogP contribution in [0.5, 0.6) is 0 Å². The van der Waals surface area contributed by atoms with Crippen LogP contribution in [0.3, 0.4) is 0 Å². The fourth-order valence-electron chi connectivity index (χ4n) is 2.12. The first-order valence-corrected chi connectivity index (χ1v) is 6.69. The topological polar surface area (TPSA) is 12.0 Å². The van der Waals surface area contributed by atoms with Crippen LogP contribution >= 0.6 is 11.6 Å². The van der Waals surface area contributed by atoms with Crippen molar-refractivity contribution >= 4 is 11.6 Å². The van der Waals surface area contributed by atoms with E-state index in [2.05, 4.69) is 35.6 Å². The number of aryl methyl sites for hydroxylation is 1. The number of unbranched alkanes of at least 4 members (excludes halogenated alkanes) is 1. The lowest BCUT2D eigenvalue weighted by Gasteiger charge is -2.31. The molecule has 1 nitrogen and oxygen atoms in total. The summed E-state index contributed by atoms with van der Waals surface area (Å²) in [6.45, 7) is 1.14. The highest BCUT2D eigenvalue weighted by molar-refractivity contribution is 6.21. The Bertz CT molecular complexity index is 293. The van der Waals surface area contributed by atoms with Crippen molar-refractivity contribution in [2.45, 2.75) is 43.5 Å². The summed E-state index contributed by atoms with van der Waals surface area (Å²) < 4.78 is 0. The molecule has 0 aromatic heterocycles. The zero-order chi connectivity index (χ0) is 11.2. The molecule has 1 N–H and O–H groups in total. The Balaban J connectivity index is 1.49. The molecule has 1 fully saturated rings. The molecule has 2 heteroatoms. The lowest BCUT2D eigenvalue weighted by Crippen LogP contribution is -2.42. The molecule has 1 aliphatic rings. The van der Waals surface area contributed by atoms with E-state index in [1.165, 1.54) is 24.8 Å². The monoisotopic (exact) mass is 237 g/mol. The molecular formula is C14H20ClN. The Labute approximate surface area is 103 Å². The Morgan fingerprint density at radius 2 is 1.88 bits per heavy atom. The minimum Gasteiger partial charge on any atom is -0.314 e. The summed E-state index contributed by atoms with van der Waals surface area (Å²) in [5.74, 6) is 0. The van der Waals surface area contributed by atoms with Gasteiger partial charge >= 0.3 is 0 Å². The summed E-state index contributed by atoms with van der Waals surface area (Å²) in [6.07, 6.45) is 6.04. The first kappa shape index (κ1) is 11.9. The molecule has 0 amide bonds. The lowest BCUT2D eigenvalue weighted by atomic mass is 9.92. The number of hydrogen-bond donors (Lipinski definition) is 1. The quantitative estimate of drug-likeness (QED) is 0.591. The van der Waals surface area contributed by atoms with Crippen LogP contribution in [0.4, 0.5) is 0 Å². The standard InChI is InChI=1S/C14H20ClN/c15-13-10-14(11-13)16-9-5-4-8-12-6-2-1-3-7-12/h1-3,6-7,13-14,16H,4-5,8-11H2. The Morgan fingerprint density at radius 3 is 2.56 bits per heavy atom. The maximum absolute atomic E-state index is 5.92. The minimum absolute atomic E-state index is 0.432. The number of nitrogens with one attached hydrogen (secondary N) is 1. The smallest absolute Gasteiger partial charge is 0.0365 e. The highest BCUT2D eigenvalue weighted by Crippen LogP contribution is 2.25. The van der Waals surface area contributed by atoms with Crippen molar-refractivity contribution in [3.63, 3.8) is 0 Å². The van der Waals surface area contributed by atoms with Crippen LogP contribution in [0.25, 0.3) is 0 Å². The van der Waals surface area contributed by atoms with E-state index in [9.17, 15) is 0 Å². The molecule has 0 aliphatic heterocycles. The van der Waals surface area contributed by atoms with Gasteiger partial charge in [-0.05, 0) is 44.2 Å². The number of halogens is 1. The first-order valence-electron chi connectivity index (χ1n) is 6.26. The molecule has 88 valence electrons. The average Bonchev–Trinajstić information content (AvgIpc) is 2.27. The van der Waals surface area contributed by atoms with E-state index >= 15 is 0 Å². The molecule has 1 aromatic rings. The number of rotatable bonds is 6. The summed E-state index contributed by atoms with van der Waals surface area (Å²) in [7, 11) is 0. The van der Waals surface area contributed by atoms with E-state index in [4.69, 9.17) is 11.6 Å². The average molecular weight is 238 g/mol. The van der Waals surface area contributed by atoms with E-state index in [0.717, 1.165) is 19.4 Å². The molecule has 0 atom stereocenters. The molecule has 0 heterocycles. The van der Waals surface area contributed by atoms with Crippen molar-refractivity contribution in [3.05, 3.63) is 35.9 Å². The first-order chi connectivity index (χ1) is 7.84. The van der Waals surface area contributed by atoms with E-state index in [1.54, 1.807) is 0 Å². The summed E-state index contributed by atoms with van der Waals surface area (Å²) in [4.78, 5) is 0. The van der Waals surface area contributed by atoms with Gasteiger partial charge < -0.3 is 5.32 Å². The molecule has 1 aromatic carbocycles. The molecule has 1 saturated carbocycles. The van der Waals surface area contributed by atoms with Gasteiger partial charge in [-0.25, -0.2) is 0 Å². The molecular weight excluding hydrogens is 218 g/mol. The van der Waals surface area contributed by atoms with Gasteiger partial charge in [0.25, 0.3) is 0 Å². The second kappa shape index (κ2) is 6.27. The highest BCUT2D eigenvalue weighted by Gasteiger charge is 2.25. The maximum atomic E-state index is 5.92. The van der Waals surface area contributed by atoms with E-state index < -0.39 is 0 Å². The van der Waals surface area contributed by atoms with Crippen LogP contribution < -0.4 is 5.32 Å². The molecule has 16 heavy (non-hydrogen) atoms. The van der Waals surface area contributed by atoms with Crippen molar-refractivity contribution in [1.82, 2.24) is 5.32 Å². The fraction of sp³-hybridized carbons (Fsp3) is 0.571. The second-order valence-electron chi connectivity index (χ2n) is 4.66. The molecule has 1 aliphatic carbocycles. The largest absolute Gasteiger partial charge is 0.314 e. The molecule has 0 spiro atoms. The van der Waals surface area contributed by atoms with Crippen molar-refractivity contribution in [2.24, 2.45) is 0 Å². The fourth-order valence-corrected chi connectivity index (χ4v) is 2.55. The Hall–Kier alpha value is -0.530. The minimum atomic E-state index is 0.432. The van der Waals surface area contributed by atoms with Crippen molar-refractivity contribution < 1.29 is 0 Å². The van der Waals surface area contributed by atoms with Gasteiger partial charge in [0.1, 0.15) is 0 Å². The van der Waals surface area contributed by atoms with Crippen LogP contribution in [0.2, 0.25) is 0 Å². The van der Waals surface area contributed by atoms with E-state index in [-0.39, 0.29) is 0 Å². The Kier molecular flexibility index (Phi) is 4.68. The van der Waals surface area contributed by atoms with Gasteiger partial charge in [0.2, 0.25) is 0 Å². The summed E-state index contributed by atoms with van der Waals surface area (Å²) in [5, 5.41) is 3.98. The SMILES string of the molecule is ClC1CC(NCCCCc2ccccc2)C1. The second-order valence-corrected chi connectivity index (χ2v) is 5.28. The molecule has 0 unspecified atom stereocenters. The molecule has 2 rings (SSSR count). The summed E-state index contributed by atoms with van der Waals surface area (Å²) >= 11 is 5.92. The van der Waals surface area contributed by atoms with Crippen LogP contribution in [0.15, 0.2) is 30.3 Å². The predicted octanol–water partition coefficient (Wildman–Crippen LogP) is 3.37.